The summed E-state index contributed by atoms with van der Waals surface area (Å²) in [5.41, 5.74) is 0.954. The topological polar surface area (TPSA) is 61.9 Å². The lowest BCUT2D eigenvalue weighted by molar-refractivity contribution is -0.141. The predicted octanol–water partition coefficient (Wildman–Crippen LogP) is 0.518. The van der Waals surface area contributed by atoms with Crippen LogP contribution >= 0.6 is 0 Å². The Kier molecular flexibility index (Phi) is 5.35. The van der Waals surface area contributed by atoms with Crippen LogP contribution in [-0.4, -0.2) is 68.0 Å². The quantitative estimate of drug-likeness (QED) is 0.874. The number of benzene rings is 1. The summed E-state index contributed by atoms with van der Waals surface area (Å²) in [5, 5.41) is 3.23. The largest absolute Gasteiger partial charge is 0.497 e. The first-order valence-corrected chi connectivity index (χ1v) is 8.57. The van der Waals surface area contributed by atoms with Gasteiger partial charge in [0.05, 0.1) is 19.4 Å². The number of rotatable bonds is 4. The summed E-state index contributed by atoms with van der Waals surface area (Å²) < 4.78 is 5.20. The SMILES string of the molecule is COc1cccc(CC(=O)N2CCN(C(=O)C3CCNC3)CC2)c1. The number of carbonyl (C=O) groups excluding carboxylic acids is 2. The van der Waals surface area contributed by atoms with Crippen molar-refractivity contribution in [1.29, 1.82) is 0 Å². The summed E-state index contributed by atoms with van der Waals surface area (Å²) in [6, 6.07) is 7.60. The molecule has 0 radical (unpaired) electrons. The van der Waals surface area contributed by atoms with Crippen LogP contribution < -0.4 is 10.1 Å². The van der Waals surface area contributed by atoms with Crippen molar-refractivity contribution in [3.8, 4) is 5.75 Å². The molecule has 1 aromatic carbocycles. The molecule has 1 aromatic rings. The van der Waals surface area contributed by atoms with Crippen LogP contribution in [0.15, 0.2) is 24.3 Å². The number of carbonyl (C=O) groups is 2. The van der Waals surface area contributed by atoms with Crippen molar-refractivity contribution in [3.05, 3.63) is 29.8 Å². The Labute approximate surface area is 142 Å². The predicted molar refractivity (Wildman–Crippen MR) is 90.8 cm³/mol. The minimum atomic E-state index is 0.109. The third kappa shape index (κ3) is 3.87. The van der Waals surface area contributed by atoms with Gasteiger partial charge in [-0.15, -0.1) is 0 Å². The van der Waals surface area contributed by atoms with Gasteiger partial charge < -0.3 is 19.9 Å². The molecular formula is C18H25N3O3. The van der Waals surface area contributed by atoms with E-state index in [0.29, 0.717) is 32.6 Å². The Balaban J connectivity index is 1.50. The van der Waals surface area contributed by atoms with Crippen molar-refractivity contribution in [2.75, 3.05) is 46.4 Å². The summed E-state index contributed by atoms with van der Waals surface area (Å²) >= 11 is 0. The van der Waals surface area contributed by atoms with E-state index in [-0.39, 0.29) is 17.7 Å². The molecule has 2 amide bonds. The third-order valence-corrected chi connectivity index (χ3v) is 4.84. The molecule has 2 aliphatic rings. The fourth-order valence-corrected chi connectivity index (χ4v) is 3.37. The maximum Gasteiger partial charge on any atom is 0.227 e. The number of hydrogen-bond acceptors (Lipinski definition) is 4. The maximum atomic E-state index is 12.5. The summed E-state index contributed by atoms with van der Waals surface area (Å²) in [4.78, 5) is 28.6. The molecule has 0 bridgehead atoms. The molecule has 0 spiro atoms. The van der Waals surface area contributed by atoms with E-state index in [1.807, 2.05) is 34.1 Å². The molecule has 2 saturated heterocycles. The third-order valence-electron chi connectivity index (χ3n) is 4.84. The summed E-state index contributed by atoms with van der Waals surface area (Å²) in [6.07, 6.45) is 1.30. The molecule has 130 valence electrons. The second-order valence-corrected chi connectivity index (χ2v) is 6.42. The number of hydrogen-bond donors (Lipinski definition) is 1. The van der Waals surface area contributed by atoms with E-state index in [0.717, 1.165) is 30.8 Å². The van der Waals surface area contributed by atoms with Gasteiger partial charge in [0.2, 0.25) is 11.8 Å². The molecule has 0 saturated carbocycles. The van der Waals surface area contributed by atoms with Gasteiger partial charge in [0.15, 0.2) is 0 Å². The second-order valence-electron chi connectivity index (χ2n) is 6.42. The monoisotopic (exact) mass is 331 g/mol. The lowest BCUT2D eigenvalue weighted by Crippen LogP contribution is -2.52. The van der Waals surface area contributed by atoms with E-state index in [4.69, 9.17) is 4.74 Å². The Morgan fingerprint density at radius 3 is 2.62 bits per heavy atom. The van der Waals surface area contributed by atoms with Crippen molar-refractivity contribution >= 4 is 11.8 Å². The van der Waals surface area contributed by atoms with Crippen LogP contribution in [0.2, 0.25) is 0 Å². The first-order valence-electron chi connectivity index (χ1n) is 8.57. The van der Waals surface area contributed by atoms with E-state index in [1.165, 1.54) is 0 Å². The van der Waals surface area contributed by atoms with Crippen LogP contribution in [0.5, 0.6) is 5.75 Å². The van der Waals surface area contributed by atoms with E-state index >= 15 is 0 Å². The molecule has 1 N–H and O–H groups in total. The van der Waals surface area contributed by atoms with Crippen LogP contribution in [0.4, 0.5) is 0 Å². The normalized spacial score (nSPS) is 21.0. The molecular weight excluding hydrogens is 306 g/mol. The van der Waals surface area contributed by atoms with E-state index in [9.17, 15) is 9.59 Å². The van der Waals surface area contributed by atoms with Gasteiger partial charge in [0.25, 0.3) is 0 Å². The van der Waals surface area contributed by atoms with E-state index < -0.39 is 0 Å². The van der Waals surface area contributed by atoms with Crippen molar-refractivity contribution < 1.29 is 14.3 Å². The number of piperazine rings is 1. The van der Waals surface area contributed by atoms with Gasteiger partial charge in [-0.25, -0.2) is 0 Å². The van der Waals surface area contributed by atoms with Crippen molar-refractivity contribution in [2.24, 2.45) is 5.92 Å². The average molecular weight is 331 g/mol. The zero-order valence-electron chi connectivity index (χ0n) is 14.2. The zero-order valence-corrected chi connectivity index (χ0v) is 14.2. The van der Waals surface area contributed by atoms with Crippen LogP contribution in [0.25, 0.3) is 0 Å². The fourth-order valence-electron chi connectivity index (χ4n) is 3.37. The summed E-state index contributed by atoms with van der Waals surface area (Å²) in [5.74, 6) is 1.22. The van der Waals surface area contributed by atoms with Crippen LogP contribution in [0.3, 0.4) is 0 Å². The van der Waals surface area contributed by atoms with E-state index in [2.05, 4.69) is 5.32 Å². The number of amides is 2. The van der Waals surface area contributed by atoms with Crippen LogP contribution in [-0.2, 0) is 16.0 Å². The van der Waals surface area contributed by atoms with Gasteiger partial charge in [-0.05, 0) is 30.7 Å². The Morgan fingerprint density at radius 2 is 1.96 bits per heavy atom. The van der Waals surface area contributed by atoms with E-state index in [1.54, 1.807) is 7.11 Å². The fraction of sp³-hybridized carbons (Fsp3) is 0.556. The lowest BCUT2D eigenvalue weighted by Gasteiger charge is -2.36. The van der Waals surface area contributed by atoms with Crippen LogP contribution in [0, 0.1) is 5.92 Å². The molecule has 2 aliphatic heterocycles. The Morgan fingerprint density at radius 1 is 1.21 bits per heavy atom. The van der Waals surface area contributed by atoms with Gasteiger partial charge in [0, 0.05) is 32.7 Å². The number of ether oxygens (including phenoxy) is 1. The molecule has 24 heavy (non-hydrogen) atoms. The van der Waals surface area contributed by atoms with Gasteiger partial charge in [0.1, 0.15) is 5.75 Å². The highest BCUT2D eigenvalue weighted by molar-refractivity contribution is 5.81. The molecule has 1 unspecified atom stereocenters. The number of nitrogens with one attached hydrogen (secondary N) is 1. The first kappa shape index (κ1) is 16.8. The highest BCUT2D eigenvalue weighted by Crippen LogP contribution is 2.16. The molecule has 6 heteroatoms. The van der Waals surface area contributed by atoms with Crippen molar-refractivity contribution in [3.63, 3.8) is 0 Å². The second kappa shape index (κ2) is 7.66. The smallest absolute Gasteiger partial charge is 0.227 e. The molecule has 2 heterocycles. The Hall–Kier alpha value is -2.08. The van der Waals surface area contributed by atoms with Crippen molar-refractivity contribution in [2.45, 2.75) is 12.8 Å². The van der Waals surface area contributed by atoms with Gasteiger partial charge in [-0.2, -0.15) is 0 Å². The average Bonchev–Trinajstić information content (AvgIpc) is 3.16. The van der Waals surface area contributed by atoms with Gasteiger partial charge in [-0.3, -0.25) is 9.59 Å². The number of methoxy groups -OCH3 is 1. The highest BCUT2D eigenvalue weighted by atomic mass is 16.5. The van der Waals surface area contributed by atoms with Gasteiger partial charge >= 0.3 is 0 Å². The summed E-state index contributed by atoms with van der Waals surface area (Å²) in [6.45, 7) is 4.23. The minimum absolute atomic E-state index is 0.109. The maximum absolute atomic E-state index is 12.5. The lowest BCUT2D eigenvalue weighted by atomic mass is 10.1. The van der Waals surface area contributed by atoms with Gasteiger partial charge in [-0.1, -0.05) is 12.1 Å². The zero-order chi connectivity index (χ0) is 16.9. The van der Waals surface area contributed by atoms with Crippen molar-refractivity contribution in [1.82, 2.24) is 15.1 Å². The first-order chi connectivity index (χ1) is 11.7. The minimum Gasteiger partial charge on any atom is -0.497 e. The highest BCUT2D eigenvalue weighted by Gasteiger charge is 2.30. The van der Waals surface area contributed by atoms with Crippen LogP contribution in [0.1, 0.15) is 12.0 Å². The molecule has 0 aliphatic carbocycles. The Bertz CT molecular complexity index is 591. The standard InChI is InChI=1S/C18H25N3O3/c1-24-16-4-2-3-14(11-16)12-17(22)20-7-9-21(10-8-20)18(23)15-5-6-19-13-15/h2-4,11,15,19H,5-10,12-13H2,1H3. The molecule has 1 atom stereocenters. The molecule has 3 rings (SSSR count). The molecule has 6 nitrogen and oxygen atoms in total. The molecule has 2 fully saturated rings. The summed E-state index contributed by atoms with van der Waals surface area (Å²) in [7, 11) is 1.62. The molecule has 0 aromatic heterocycles. The number of nitrogens with zero attached hydrogens (tertiary/aromatic N) is 2.